The molecule has 0 aliphatic rings. The summed E-state index contributed by atoms with van der Waals surface area (Å²) in [5.74, 6) is 0. The maximum Gasteiger partial charge on any atom is 0.135 e. The van der Waals surface area contributed by atoms with Gasteiger partial charge in [0.2, 0.25) is 0 Å². The first kappa shape index (κ1) is 7.76. The lowest BCUT2D eigenvalue weighted by Crippen LogP contribution is -1.81. The molecule has 2 nitrogen and oxygen atoms in total. The number of nitrogen functional groups attached to an aromatic ring is 1. The summed E-state index contributed by atoms with van der Waals surface area (Å²) in [5.41, 5.74) is 6.64. The summed E-state index contributed by atoms with van der Waals surface area (Å²) >= 11 is 3.24. The van der Waals surface area contributed by atoms with Gasteiger partial charge in [-0.05, 0) is 18.4 Å². The first-order valence-electron chi connectivity index (χ1n) is 3.54. The summed E-state index contributed by atoms with van der Waals surface area (Å²) in [4.78, 5) is 5.55. The molecule has 0 aliphatic carbocycles. The van der Waals surface area contributed by atoms with Crippen molar-refractivity contribution in [3.8, 4) is 9.88 Å². The lowest BCUT2D eigenvalue weighted by Gasteiger charge is -1.84. The molecule has 2 rings (SSSR count). The second-order valence-corrected chi connectivity index (χ2v) is 4.42. The molecule has 0 saturated heterocycles. The Morgan fingerprint density at radius 3 is 2.83 bits per heavy atom. The highest BCUT2D eigenvalue weighted by molar-refractivity contribution is 7.23. The number of hydrogen-bond donors (Lipinski definition) is 1. The molecule has 0 saturated carbocycles. The highest BCUT2D eigenvalue weighted by atomic mass is 32.1. The highest BCUT2D eigenvalue weighted by Crippen LogP contribution is 2.31. The number of thiophene rings is 1. The minimum absolute atomic E-state index is 0.818. The minimum atomic E-state index is 0.818. The van der Waals surface area contributed by atoms with E-state index >= 15 is 0 Å². The van der Waals surface area contributed by atoms with Gasteiger partial charge in [-0.15, -0.1) is 11.3 Å². The van der Waals surface area contributed by atoms with Crippen molar-refractivity contribution in [2.24, 2.45) is 0 Å². The van der Waals surface area contributed by atoms with Gasteiger partial charge in [0.05, 0.1) is 10.6 Å². The molecule has 2 aromatic rings. The van der Waals surface area contributed by atoms with E-state index in [1.54, 1.807) is 22.7 Å². The number of nitrogens with two attached hydrogens (primary N) is 1. The fourth-order valence-corrected chi connectivity index (χ4v) is 2.54. The van der Waals surface area contributed by atoms with Crippen molar-refractivity contribution in [1.29, 1.82) is 0 Å². The number of rotatable bonds is 1. The molecule has 12 heavy (non-hydrogen) atoms. The van der Waals surface area contributed by atoms with Crippen LogP contribution in [0, 0.1) is 6.92 Å². The van der Waals surface area contributed by atoms with Crippen LogP contribution in [0.25, 0.3) is 9.88 Å². The van der Waals surface area contributed by atoms with Crippen molar-refractivity contribution < 1.29 is 0 Å². The molecule has 0 aliphatic heterocycles. The monoisotopic (exact) mass is 196 g/mol. The van der Waals surface area contributed by atoms with Gasteiger partial charge < -0.3 is 5.73 Å². The molecular weight excluding hydrogens is 188 g/mol. The van der Waals surface area contributed by atoms with Crippen molar-refractivity contribution in [3.05, 3.63) is 23.2 Å². The van der Waals surface area contributed by atoms with Crippen LogP contribution in [-0.4, -0.2) is 4.98 Å². The number of hydrogen-bond acceptors (Lipinski definition) is 4. The van der Waals surface area contributed by atoms with Crippen molar-refractivity contribution >= 4 is 27.7 Å². The molecule has 0 radical (unpaired) electrons. The van der Waals surface area contributed by atoms with E-state index in [1.807, 2.05) is 18.4 Å². The number of aromatic nitrogens is 1. The van der Waals surface area contributed by atoms with E-state index in [-0.39, 0.29) is 0 Å². The van der Waals surface area contributed by atoms with Crippen molar-refractivity contribution in [2.45, 2.75) is 6.92 Å². The molecule has 0 spiro atoms. The van der Waals surface area contributed by atoms with Gasteiger partial charge in [-0.2, -0.15) is 0 Å². The van der Waals surface area contributed by atoms with Crippen LogP contribution < -0.4 is 5.73 Å². The predicted molar refractivity (Wildman–Crippen MR) is 54.6 cm³/mol. The lowest BCUT2D eigenvalue weighted by molar-refractivity contribution is 1.28. The van der Waals surface area contributed by atoms with Gasteiger partial charge in [0.25, 0.3) is 0 Å². The number of thiazole rings is 1. The van der Waals surface area contributed by atoms with Crippen LogP contribution in [0.3, 0.4) is 0 Å². The molecule has 2 heterocycles. The fourth-order valence-electron chi connectivity index (χ4n) is 0.914. The van der Waals surface area contributed by atoms with Crippen LogP contribution >= 0.6 is 22.7 Å². The van der Waals surface area contributed by atoms with Gasteiger partial charge in [-0.25, -0.2) is 4.98 Å². The quantitative estimate of drug-likeness (QED) is 0.761. The van der Waals surface area contributed by atoms with E-state index in [9.17, 15) is 0 Å². The Balaban J connectivity index is 2.48. The van der Waals surface area contributed by atoms with Gasteiger partial charge in [0.15, 0.2) is 0 Å². The standard InChI is InChI=1S/C8H8N2S2/c1-5-7(9)12-8(10-5)6-3-2-4-11-6/h2-4H,9H2,1H3. The Morgan fingerprint density at radius 2 is 2.33 bits per heavy atom. The third-order valence-corrected chi connectivity index (χ3v) is 3.59. The molecule has 62 valence electrons. The molecule has 2 aromatic heterocycles. The molecular formula is C8H8N2S2. The van der Waals surface area contributed by atoms with E-state index in [1.165, 1.54) is 4.88 Å². The first-order chi connectivity index (χ1) is 5.77. The Hall–Kier alpha value is -0.870. The van der Waals surface area contributed by atoms with E-state index < -0.39 is 0 Å². The predicted octanol–water partition coefficient (Wildman–Crippen LogP) is 2.76. The fraction of sp³-hybridized carbons (Fsp3) is 0.125. The normalized spacial score (nSPS) is 10.4. The van der Waals surface area contributed by atoms with Crippen LogP contribution in [0.2, 0.25) is 0 Å². The van der Waals surface area contributed by atoms with Gasteiger partial charge >= 0.3 is 0 Å². The minimum Gasteiger partial charge on any atom is -0.389 e. The average molecular weight is 196 g/mol. The third-order valence-electron chi connectivity index (χ3n) is 1.56. The topological polar surface area (TPSA) is 38.9 Å². The summed E-state index contributed by atoms with van der Waals surface area (Å²) in [6.45, 7) is 1.93. The van der Waals surface area contributed by atoms with Crippen molar-refractivity contribution in [1.82, 2.24) is 4.98 Å². The number of nitrogens with zero attached hydrogens (tertiary/aromatic N) is 1. The summed E-state index contributed by atoms with van der Waals surface area (Å²) in [5, 5.41) is 3.89. The second-order valence-electron chi connectivity index (χ2n) is 2.45. The Labute approximate surface area is 78.7 Å². The van der Waals surface area contributed by atoms with Crippen molar-refractivity contribution in [3.63, 3.8) is 0 Å². The largest absolute Gasteiger partial charge is 0.389 e. The average Bonchev–Trinajstić information content (AvgIpc) is 2.61. The van der Waals surface area contributed by atoms with Gasteiger partial charge in [-0.3, -0.25) is 0 Å². The van der Waals surface area contributed by atoms with E-state index in [0.29, 0.717) is 0 Å². The number of aryl methyl sites for hydroxylation is 1. The van der Waals surface area contributed by atoms with Crippen LogP contribution in [0.1, 0.15) is 5.69 Å². The van der Waals surface area contributed by atoms with Gasteiger partial charge in [0, 0.05) is 0 Å². The molecule has 2 N–H and O–H groups in total. The molecule has 0 aromatic carbocycles. The summed E-state index contributed by atoms with van der Waals surface area (Å²) < 4.78 is 0. The summed E-state index contributed by atoms with van der Waals surface area (Å²) in [7, 11) is 0. The summed E-state index contributed by atoms with van der Waals surface area (Å²) in [6.07, 6.45) is 0. The smallest absolute Gasteiger partial charge is 0.135 e. The second kappa shape index (κ2) is 2.88. The molecule has 0 atom stereocenters. The SMILES string of the molecule is Cc1nc(-c2cccs2)sc1N. The zero-order chi connectivity index (χ0) is 8.55. The third kappa shape index (κ3) is 1.23. The zero-order valence-corrected chi connectivity index (χ0v) is 8.21. The lowest BCUT2D eigenvalue weighted by atomic mass is 10.5. The Morgan fingerprint density at radius 1 is 1.50 bits per heavy atom. The van der Waals surface area contributed by atoms with Crippen LogP contribution in [-0.2, 0) is 0 Å². The maximum atomic E-state index is 5.71. The summed E-state index contributed by atoms with van der Waals surface area (Å²) in [6, 6.07) is 4.08. The van der Waals surface area contributed by atoms with Crippen LogP contribution in [0.5, 0.6) is 0 Å². The van der Waals surface area contributed by atoms with Crippen LogP contribution in [0.15, 0.2) is 17.5 Å². The molecule has 0 unspecified atom stereocenters. The zero-order valence-electron chi connectivity index (χ0n) is 6.57. The van der Waals surface area contributed by atoms with E-state index in [0.717, 1.165) is 15.7 Å². The molecule has 0 bridgehead atoms. The molecule has 0 amide bonds. The van der Waals surface area contributed by atoms with Gasteiger partial charge in [-0.1, -0.05) is 17.4 Å². The van der Waals surface area contributed by atoms with Crippen LogP contribution in [0.4, 0.5) is 5.00 Å². The maximum absolute atomic E-state index is 5.71. The van der Waals surface area contributed by atoms with E-state index in [2.05, 4.69) is 11.1 Å². The van der Waals surface area contributed by atoms with Gasteiger partial charge in [0.1, 0.15) is 10.0 Å². The first-order valence-corrected chi connectivity index (χ1v) is 5.24. The molecule has 0 fully saturated rings. The highest BCUT2D eigenvalue weighted by Gasteiger charge is 2.06. The number of anilines is 1. The Bertz CT molecular complexity index is 356. The van der Waals surface area contributed by atoms with Crippen molar-refractivity contribution in [2.75, 3.05) is 5.73 Å². The Kier molecular flexibility index (Phi) is 1.86. The molecule has 4 heteroatoms. The van der Waals surface area contributed by atoms with E-state index in [4.69, 9.17) is 5.73 Å².